The summed E-state index contributed by atoms with van der Waals surface area (Å²) in [6, 6.07) is 7.34. The van der Waals surface area contributed by atoms with Crippen molar-refractivity contribution in [2.24, 2.45) is 5.92 Å². The van der Waals surface area contributed by atoms with Gasteiger partial charge in [0, 0.05) is 31.5 Å². The van der Waals surface area contributed by atoms with E-state index in [1.54, 1.807) is 11.1 Å². The topological polar surface area (TPSA) is 50.1 Å². The van der Waals surface area contributed by atoms with E-state index in [4.69, 9.17) is 0 Å². The van der Waals surface area contributed by atoms with Crippen molar-refractivity contribution in [1.82, 2.24) is 14.9 Å². The van der Waals surface area contributed by atoms with E-state index in [1.807, 2.05) is 18.7 Å². The molecule has 1 heterocycles. The molecule has 4 nitrogen and oxygen atoms in total. The van der Waals surface area contributed by atoms with Crippen molar-refractivity contribution < 1.29 is 5.11 Å². The van der Waals surface area contributed by atoms with Gasteiger partial charge in [-0.1, -0.05) is 18.2 Å². The first kappa shape index (κ1) is 16.5. The molecular weight excluding hydrogens is 322 g/mol. The molecule has 4 heteroatoms. The Morgan fingerprint density at radius 2 is 1.88 bits per heavy atom. The molecule has 1 aromatic carbocycles. The van der Waals surface area contributed by atoms with Crippen molar-refractivity contribution in [3.8, 4) is 0 Å². The maximum Gasteiger partial charge on any atom is 0.0945 e. The summed E-state index contributed by atoms with van der Waals surface area (Å²) in [5, 5.41) is 14.1. The summed E-state index contributed by atoms with van der Waals surface area (Å²) in [5.74, 6) is 2.19. The average molecular weight is 351 g/mol. The largest absolute Gasteiger partial charge is 0.391 e. The minimum atomic E-state index is -0.239. The van der Waals surface area contributed by atoms with Crippen molar-refractivity contribution in [2.75, 3.05) is 0 Å². The third-order valence-electron chi connectivity index (χ3n) is 6.41. The van der Waals surface area contributed by atoms with Gasteiger partial charge in [0.25, 0.3) is 0 Å². The van der Waals surface area contributed by atoms with Crippen molar-refractivity contribution in [2.45, 2.75) is 75.6 Å². The van der Waals surface area contributed by atoms with Crippen LogP contribution in [0, 0.1) is 5.92 Å². The van der Waals surface area contributed by atoms with Gasteiger partial charge >= 0.3 is 0 Å². The molecule has 3 aliphatic rings. The first-order valence-corrected chi connectivity index (χ1v) is 10.3. The van der Waals surface area contributed by atoms with Crippen LogP contribution < -0.4 is 5.32 Å². The Morgan fingerprint density at radius 3 is 2.62 bits per heavy atom. The Hall–Kier alpha value is -1.65. The highest BCUT2D eigenvalue weighted by Crippen LogP contribution is 2.49. The quantitative estimate of drug-likeness (QED) is 0.802. The minimum Gasteiger partial charge on any atom is -0.391 e. The second-order valence-electron chi connectivity index (χ2n) is 8.66. The molecule has 2 N–H and O–H groups in total. The van der Waals surface area contributed by atoms with Crippen molar-refractivity contribution in [3.05, 3.63) is 53.6 Å². The lowest BCUT2D eigenvalue weighted by Crippen LogP contribution is -2.35. The Morgan fingerprint density at radius 1 is 1.08 bits per heavy atom. The normalized spacial score (nSPS) is 28.6. The maximum absolute atomic E-state index is 10.5. The van der Waals surface area contributed by atoms with Crippen LogP contribution in [-0.2, 0) is 13.1 Å². The fourth-order valence-corrected chi connectivity index (χ4v) is 4.68. The molecule has 0 aliphatic heterocycles. The number of imidazole rings is 1. The van der Waals surface area contributed by atoms with Crippen LogP contribution in [0.15, 0.2) is 36.9 Å². The van der Waals surface area contributed by atoms with E-state index < -0.39 is 0 Å². The summed E-state index contributed by atoms with van der Waals surface area (Å²) >= 11 is 0. The van der Waals surface area contributed by atoms with Crippen molar-refractivity contribution in [1.29, 1.82) is 0 Å². The molecule has 0 radical (unpaired) electrons. The van der Waals surface area contributed by atoms with Gasteiger partial charge in [-0.15, -0.1) is 0 Å². The molecule has 3 aliphatic carbocycles. The lowest BCUT2D eigenvalue weighted by Gasteiger charge is -2.18. The molecule has 138 valence electrons. The molecule has 26 heavy (non-hydrogen) atoms. The van der Waals surface area contributed by atoms with Crippen LogP contribution >= 0.6 is 0 Å². The van der Waals surface area contributed by atoms with Gasteiger partial charge < -0.3 is 15.0 Å². The Kier molecular flexibility index (Phi) is 4.33. The van der Waals surface area contributed by atoms with E-state index in [-0.39, 0.29) is 12.1 Å². The van der Waals surface area contributed by atoms with E-state index in [1.165, 1.54) is 31.2 Å². The standard InChI is InChI=1S/C22H29N3O/c26-22-11-16(13-25-8-7-23-14-25)10-21(22)24-12-15-1-6-19(17-2-3-17)20(9-15)18-4-5-18/h1,6-9,14,16-18,21-22,24,26H,2-5,10-13H2/t16?,21-,22-/m1/s1. The van der Waals surface area contributed by atoms with Gasteiger partial charge in [0.15, 0.2) is 0 Å². The van der Waals surface area contributed by atoms with E-state index in [2.05, 4.69) is 33.1 Å². The minimum absolute atomic E-state index is 0.205. The van der Waals surface area contributed by atoms with Crippen molar-refractivity contribution in [3.63, 3.8) is 0 Å². The van der Waals surface area contributed by atoms with Gasteiger partial charge in [-0.25, -0.2) is 4.98 Å². The number of nitrogens with one attached hydrogen (secondary N) is 1. The van der Waals surface area contributed by atoms with Gasteiger partial charge in [-0.3, -0.25) is 0 Å². The number of aromatic nitrogens is 2. The molecule has 3 saturated carbocycles. The summed E-state index contributed by atoms with van der Waals surface area (Å²) in [5.41, 5.74) is 4.62. The van der Waals surface area contributed by atoms with Crippen LogP contribution in [0.4, 0.5) is 0 Å². The predicted octanol–water partition coefficient (Wildman–Crippen LogP) is 3.57. The predicted molar refractivity (Wildman–Crippen MR) is 102 cm³/mol. The SMILES string of the molecule is O[C@@H]1CC(Cn2ccnc2)C[C@H]1NCc1ccc(C2CC2)c(C2CC2)c1. The first-order chi connectivity index (χ1) is 12.8. The third kappa shape index (κ3) is 3.58. The van der Waals surface area contributed by atoms with Gasteiger partial charge in [0.2, 0.25) is 0 Å². The van der Waals surface area contributed by atoms with E-state index in [0.717, 1.165) is 37.8 Å². The lowest BCUT2D eigenvalue weighted by molar-refractivity contribution is 0.145. The Labute approximate surface area is 155 Å². The fraction of sp³-hybridized carbons (Fsp3) is 0.591. The Bertz CT molecular complexity index is 749. The van der Waals surface area contributed by atoms with E-state index >= 15 is 0 Å². The summed E-state index contributed by atoms with van der Waals surface area (Å²) in [7, 11) is 0. The zero-order valence-electron chi connectivity index (χ0n) is 15.3. The second-order valence-corrected chi connectivity index (χ2v) is 8.66. The highest BCUT2D eigenvalue weighted by atomic mass is 16.3. The van der Waals surface area contributed by atoms with Crippen LogP contribution in [0.1, 0.15) is 67.1 Å². The van der Waals surface area contributed by atoms with Crippen LogP contribution in [-0.4, -0.2) is 26.8 Å². The van der Waals surface area contributed by atoms with Gasteiger partial charge in [-0.2, -0.15) is 0 Å². The summed E-state index contributed by atoms with van der Waals surface area (Å²) < 4.78 is 2.12. The summed E-state index contributed by atoms with van der Waals surface area (Å²) in [4.78, 5) is 4.11. The number of nitrogens with zero attached hydrogens (tertiary/aromatic N) is 2. The molecule has 2 aromatic rings. The highest BCUT2D eigenvalue weighted by Gasteiger charge is 2.34. The molecule has 1 unspecified atom stereocenters. The molecule has 0 spiro atoms. The number of aliphatic hydroxyl groups excluding tert-OH is 1. The van der Waals surface area contributed by atoms with Gasteiger partial charge in [0.05, 0.1) is 12.4 Å². The number of aliphatic hydroxyl groups is 1. The van der Waals surface area contributed by atoms with E-state index in [0.29, 0.717) is 5.92 Å². The number of benzene rings is 1. The molecule has 1 aromatic heterocycles. The Balaban J connectivity index is 1.20. The second kappa shape index (κ2) is 6.82. The van der Waals surface area contributed by atoms with Crippen LogP contribution in [0.5, 0.6) is 0 Å². The highest BCUT2D eigenvalue weighted by molar-refractivity contribution is 5.41. The summed E-state index contributed by atoms with van der Waals surface area (Å²) in [6.07, 6.45) is 12.9. The van der Waals surface area contributed by atoms with Crippen molar-refractivity contribution >= 4 is 0 Å². The maximum atomic E-state index is 10.5. The molecule has 0 amide bonds. The fourth-order valence-electron chi connectivity index (χ4n) is 4.68. The smallest absolute Gasteiger partial charge is 0.0945 e. The molecular formula is C22H29N3O. The first-order valence-electron chi connectivity index (χ1n) is 10.3. The zero-order valence-corrected chi connectivity index (χ0v) is 15.3. The third-order valence-corrected chi connectivity index (χ3v) is 6.41. The number of hydrogen-bond acceptors (Lipinski definition) is 3. The van der Waals surface area contributed by atoms with Crippen LogP contribution in [0.25, 0.3) is 0 Å². The monoisotopic (exact) mass is 351 g/mol. The van der Waals surface area contributed by atoms with Crippen LogP contribution in [0.3, 0.4) is 0 Å². The lowest BCUT2D eigenvalue weighted by atomic mass is 9.96. The van der Waals surface area contributed by atoms with Gasteiger partial charge in [0.1, 0.15) is 0 Å². The molecule has 0 saturated heterocycles. The van der Waals surface area contributed by atoms with Crippen LogP contribution in [0.2, 0.25) is 0 Å². The average Bonchev–Trinajstić information content (AvgIpc) is 3.56. The number of hydrogen-bond donors (Lipinski definition) is 2. The molecule has 0 bridgehead atoms. The zero-order chi connectivity index (χ0) is 17.5. The molecule has 3 fully saturated rings. The number of rotatable bonds is 7. The van der Waals surface area contributed by atoms with Gasteiger partial charge in [-0.05, 0) is 73.0 Å². The van der Waals surface area contributed by atoms with E-state index in [9.17, 15) is 5.11 Å². The molecule has 3 atom stereocenters. The summed E-state index contributed by atoms with van der Waals surface area (Å²) in [6.45, 7) is 1.82. The molecule has 5 rings (SSSR count).